The van der Waals surface area contributed by atoms with E-state index in [9.17, 15) is 0 Å². The van der Waals surface area contributed by atoms with Crippen LogP contribution in [-0.2, 0) is 14.0 Å². The first-order valence-electron chi connectivity index (χ1n) is 6.47. The highest BCUT2D eigenvalue weighted by atomic mass is 16.7. The lowest BCUT2D eigenvalue weighted by Gasteiger charge is -2.32. The molecule has 0 atom stereocenters. The number of hydrogen-bond donors (Lipinski definition) is 0. The van der Waals surface area contributed by atoms with Gasteiger partial charge in [-0.2, -0.15) is 0 Å². The molecule has 1 aliphatic heterocycles. The standard InChI is InChI=1S/C13H23BO3/c1-10(9-15-11-7-6-8-11)14-16-12(2,3)13(4,5)17-14/h11H,1,6-9H2,2-5H3. The number of hydrogen-bond acceptors (Lipinski definition) is 3. The maximum Gasteiger partial charge on any atom is 0.492 e. The second kappa shape index (κ2) is 4.41. The van der Waals surface area contributed by atoms with E-state index in [1.165, 1.54) is 19.3 Å². The Morgan fingerprint density at radius 1 is 1.24 bits per heavy atom. The molecule has 0 radical (unpaired) electrons. The predicted molar refractivity (Wildman–Crippen MR) is 68.8 cm³/mol. The monoisotopic (exact) mass is 238 g/mol. The zero-order chi connectivity index (χ0) is 12.7. The molecule has 2 fully saturated rings. The summed E-state index contributed by atoms with van der Waals surface area (Å²) < 4.78 is 17.5. The summed E-state index contributed by atoms with van der Waals surface area (Å²) in [6.07, 6.45) is 4.06. The molecule has 2 aliphatic rings. The van der Waals surface area contributed by atoms with Gasteiger partial charge in [-0.25, -0.2) is 0 Å². The fourth-order valence-electron chi connectivity index (χ4n) is 1.84. The van der Waals surface area contributed by atoms with Gasteiger partial charge >= 0.3 is 7.12 Å². The van der Waals surface area contributed by atoms with Crippen LogP contribution in [0.4, 0.5) is 0 Å². The summed E-state index contributed by atoms with van der Waals surface area (Å²) in [5, 5.41) is 0. The van der Waals surface area contributed by atoms with Crippen LogP contribution < -0.4 is 0 Å². The van der Waals surface area contributed by atoms with Gasteiger partial charge < -0.3 is 14.0 Å². The van der Waals surface area contributed by atoms with Crippen LogP contribution >= 0.6 is 0 Å². The van der Waals surface area contributed by atoms with E-state index >= 15 is 0 Å². The molecule has 0 aromatic rings. The molecule has 2 rings (SSSR count). The van der Waals surface area contributed by atoms with E-state index in [1.54, 1.807) is 0 Å². The third-order valence-electron chi connectivity index (χ3n) is 4.14. The van der Waals surface area contributed by atoms with Crippen LogP contribution in [0.2, 0.25) is 0 Å². The van der Waals surface area contributed by atoms with Gasteiger partial charge in [0.2, 0.25) is 0 Å². The summed E-state index contributed by atoms with van der Waals surface area (Å²) >= 11 is 0. The Bertz CT molecular complexity index is 292. The minimum absolute atomic E-state index is 0.295. The zero-order valence-electron chi connectivity index (χ0n) is 11.4. The van der Waals surface area contributed by atoms with Crippen molar-refractivity contribution >= 4 is 7.12 Å². The van der Waals surface area contributed by atoms with Gasteiger partial charge in [0, 0.05) is 0 Å². The quantitative estimate of drug-likeness (QED) is 0.705. The minimum atomic E-state index is -0.333. The van der Waals surface area contributed by atoms with Crippen LogP contribution in [0.1, 0.15) is 47.0 Å². The molecular formula is C13H23BO3. The second-order valence-corrected chi connectivity index (χ2v) is 6.11. The molecule has 0 bridgehead atoms. The van der Waals surface area contributed by atoms with E-state index in [4.69, 9.17) is 14.0 Å². The molecule has 1 heterocycles. The van der Waals surface area contributed by atoms with Crippen LogP contribution in [-0.4, -0.2) is 31.0 Å². The first-order chi connectivity index (χ1) is 7.82. The lowest BCUT2D eigenvalue weighted by atomic mass is 9.80. The molecular weight excluding hydrogens is 215 g/mol. The first kappa shape index (κ1) is 13.1. The third kappa shape index (κ3) is 2.59. The van der Waals surface area contributed by atoms with Crippen molar-refractivity contribution < 1.29 is 14.0 Å². The highest BCUT2D eigenvalue weighted by Gasteiger charge is 2.52. The maximum atomic E-state index is 5.91. The van der Waals surface area contributed by atoms with Crippen LogP contribution in [0.25, 0.3) is 0 Å². The lowest BCUT2D eigenvalue weighted by Crippen LogP contribution is -2.41. The molecule has 0 spiro atoms. The summed E-state index contributed by atoms with van der Waals surface area (Å²) in [7, 11) is -0.333. The van der Waals surface area contributed by atoms with Crippen molar-refractivity contribution in [1.29, 1.82) is 0 Å². The van der Waals surface area contributed by atoms with Gasteiger partial charge in [0.15, 0.2) is 0 Å². The number of rotatable bonds is 4. The predicted octanol–water partition coefficient (Wildman–Crippen LogP) is 2.74. The van der Waals surface area contributed by atoms with Gasteiger partial charge in [-0.05, 0) is 52.4 Å². The van der Waals surface area contributed by atoms with Crippen LogP contribution in [0, 0.1) is 0 Å². The summed E-state index contributed by atoms with van der Waals surface area (Å²) in [4.78, 5) is 0. The molecule has 0 unspecified atom stereocenters. The summed E-state index contributed by atoms with van der Waals surface area (Å²) in [5.74, 6) is 0. The highest BCUT2D eigenvalue weighted by molar-refractivity contribution is 6.54. The Balaban J connectivity index is 1.84. The van der Waals surface area contributed by atoms with E-state index in [0.29, 0.717) is 12.7 Å². The molecule has 4 heteroatoms. The van der Waals surface area contributed by atoms with Crippen LogP contribution in [0.5, 0.6) is 0 Å². The van der Waals surface area contributed by atoms with E-state index in [2.05, 4.69) is 6.58 Å². The van der Waals surface area contributed by atoms with E-state index in [1.807, 2.05) is 27.7 Å². The Morgan fingerprint density at radius 2 is 1.76 bits per heavy atom. The average molecular weight is 238 g/mol. The molecule has 0 aromatic carbocycles. The van der Waals surface area contributed by atoms with Crippen molar-refractivity contribution in [3.05, 3.63) is 12.1 Å². The van der Waals surface area contributed by atoms with Gasteiger partial charge in [0.05, 0.1) is 23.9 Å². The fourth-order valence-corrected chi connectivity index (χ4v) is 1.84. The maximum absolute atomic E-state index is 5.91. The Hall–Kier alpha value is -0.315. The molecule has 0 amide bonds. The van der Waals surface area contributed by atoms with E-state index in [-0.39, 0.29) is 18.3 Å². The van der Waals surface area contributed by atoms with Gasteiger partial charge in [-0.1, -0.05) is 0 Å². The average Bonchev–Trinajstić information content (AvgIpc) is 2.33. The van der Waals surface area contributed by atoms with Crippen LogP contribution in [0.3, 0.4) is 0 Å². The Morgan fingerprint density at radius 3 is 2.18 bits per heavy atom. The van der Waals surface area contributed by atoms with Crippen molar-refractivity contribution in [2.24, 2.45) is 0 Å². The second-order valence-electron chi connectivity index (χ2n) is 6.11. The molecule has 1 aliphatic carbocycles. The van der Waals surface area contributed by atoms with Crippen molar-refractivity contribution in [2.45, 2.75) is 64.3 Å². The molecule has 1 saturated carbocycles. The molecule has 1 saturated heterocycles. The normalized spacial score (nSPS) is 26.9. The van der Waals surface area contributed by atoms with Crippen molar-refractivity contribution in [3.63, 3.8) is 0 Å². The van der Waals surface area contributed by atoms with Crippen molar-refractivity contribution in [3.8, 4) is 0 Å². The number of ether oxygens (including phenoxy) is 1. The largest absolute Gasteiger partial charge is 0.492 e. The summed E-state index contributed by atoms with van der Waals surface area (Å²) in [6.45, 7) is 12.8. The van der Waals surface area contributed by atoms with Crippen LogP contribution in [0.15, 0.2) is 12.1 Å². The molecule has 96 valence electrons. The molecule has 17 heavy (non-hydrogen) atoms. The summed E-state index contributed by atoms with van der Waals surface area (Å²) in [5.41, 5.74) is 0.296. The smallest absolute Gasteiger partial charge is 0.400 e. The fraction of sp³-hybridized carbons (Fsp3) is 0.846. The molecule has 0 aromatic heterocycles. The van der Waals surface area contributed by atoms with Crippen molar-refractivity contribution in [1.82, 2.24) is 0 Å². The van der Waals surface area contributed by atoms with Gasteiger partial charge in [0.1, 0.15) is 0 Å². The topological polar surface area (TPSA) is 27.7 Å². The Labute approximate surface area is 105 Å². The third-order valence-corrected chi connectivity index (χ3v) is 4.14. The van der Waals surface area contributed by atoms with E-state index in [0.717, 1.165) is 5.47 Å². The lowest BCUT2D eigenvalue weighted by molar-refractivity contribution is 0.00578. The van der Waals surface area contributed by atoms with Gasteiger partial charge in [-0.15, -0.1) is 6.58 Å². The minimum Gasteiger partial charge on any atom is -0.400 e. The molecule has 0 N–H and O–H groups in total. The Kier molecular flexibility index (Phi) is 3.41. The summed E-state index contributed by atoms with van der Waals surface area (Å²) in [6, 6.07) is 0. The highest BCUT2D eigenvalue weighted by Crippen LogP contribution is 2.38. The van der Waals surface area contributed by atoms with Gasteiger partial charge in [0.25, 0.3) is 0 Å². The van der Waals surface area contributed by atoms with Gasteiger partial charge in [-0.3, -0.25) is 0 Å². The molecule has 3 nitrogen and oxygen atoms in total. The SMILES string of the molecule is C=C(COC1CCC1)B1OC(C)(C)C(C)(C)O1. The van der Waals surface area contributed by atoms with E-state index < -0.39 is 0 Å². The first-order valence-corrected chi connectivity index (χ1v) is 6.47. The van der Waals surface area contributed by atoms with Crippen molar-refractivity contribution in [2.75, 3.05) is 6.61 Å². The zero-order valence-corrected chi connectivity index (χ0v) is 11.4.